The standard InChI is InChI=1S/C16H19NO3S/c1-17(14-15-8-4-2-5-9-15)12-13-21(18,19)20-16-10-6-3-7-11-16/h2-11H,12-14H2,1H3. The molecule has 0 unspecified atom stereocenters. The van der Waals surface area contributed by atoms with Crippen molar-refractivity contribution >= 4 is 10.1 Å². The lowest BCUT2D eigenvalue weighted by atomic mass is 10.2. The van der Waals surface area contributed by atoms with Crippen molar-refractivity contribution in [1.29, 1.82) is 0 Å². The van der Waals surface area contributed by atoms with Crippen LogP contribution in [0.2, 0.25) is 0 Å². The predicted octanol–water partition coefficient (Wildman–Crippen LogP) is 2.53. The Hall–Kier alpha value is -1.85. The molecule has 21 heavy (non-hydrogen) atoms. The molecule has 5 heteroatoms. The van der Waals surface area contributed by atoms with Gasteiger partial charge in [0.15, 0.2) is 0 Å². The highest BCUT2D eigenvalue weighted by Crippen LogP contribution is 2.12. The van der Waals surface area contributed by atoms with Crippen molar-refractivity contribution in [2.75, 3.05) is 19.3 Å². The van der Waals surface area contributed by atoms with Crippen LogP contribution in [0.1, 0.15) is 5.56 Å². The summed E-state index contributed by atoms with van der Waals surface area (Å²) in [6, 6.07) is 18.5. The van der Waals surface area contributed by atoms with Crippen molar-refractivity contribution in [2.24, 2.45) is 0 Å². The van der Waals surface area contributed by atoms with E-state index < -0.39 is 10.1 Å². The van der Waals surface area contributed by atoms with Gasteiger partial charge in [-0.1, -0.05) is 48.5 Å². The van der Waals surface area contributed by atoms with Gasteiger partial charge < -0.3 is 9.08 Å². The van der Waals surface area contributed by atoms with Crippen LogP contribution in [0.25, 0.3) is 0 Å². The summed E-state index contributed by atoms with van der Waals surface area (Å²) in [7, 11) is -1.67. The average Bonchev–Trinajstić information content (AvgIpc) is 2.47. The van der Waals surface area contributed by atoms with Gasteiger partial charge in [0.05, 0.1) is 5.75 Å². The molecule has 0 aromatic heterocycles. The molecule has 0 aliphatic rings. The molecule has 0 bridgehead atoms. The summed E-state index contributed by atoms with van der Waals surface area (Å²) >= 11 is 0. The molecule has 2 rings (SSSR count). The lowest BCUT2D eigenvalue weighted by Crippen LogP contribution is -2.27. The van der Waals surface area contributed by atoms with Gasteiger partial charge in [-0.3, -0.25) is 0 Å². The minimum absolute atomic E-state index is 0.0365. The van der Waals surface area contributed by atoms with Gasteiger partial charge in [0.2, 0.25) is 0 Å². The van der Waals surface area contributed by atoms with E-state index in [2.05, 4.69) is 0 Å². The number of para-hydroxylation sites is 1. The van der Waals surface area contributed by atoms with Crippen LogP contribution in [0.15, 0.2) is 60.7 Å². The van der Waals surface area contributed by atoms with E-state index in [4.69, 9.17) is 4.18 Å². The lowest BCUT2D eigenvalue weighted by molar-refractivity contribution is 0.342. The lowest BCUT2D eigenvalue weighted by Gasteiger charge is -2.16. The number of rotatable bonds is 7. The second-order valence-corrected chi connectivity index (χ2v) is 6.57. The Morgan fingerprint density at radius 1 is 0.952 bits per heavy atom. The molecule has 112 valence electrons. The van der Waals surface area contributed by atoms with E-state index in [1.807, 2.05) is 48.3 Å². The van der Waals surface area contributed by atoms with E-state index in [0.717, 1.165) is 5.56 Å². The Morgan fingerprint density at radius 3 is 2.14 bits per heavy atom. The maximum Gasteiger partial charge on any atom is 0.310 e. The second kappa shape index (κ2) is 7.24. The minimum atomic E-state index is -3.56. The Balaban J connectivity index is 1.84. The Bertz CT molecular complexity index is 642. The fourth-order valence-corrected chi connectivity index (χ4v) is 2.93. The van der Waals surface area contributed by atoms with Gasteiger partial charge in [0, 0.05) is 13.1 Å². The minimum Gasteiger partial charge on any atom is -0.382 e. The summed E-state index contributed by atoms with van der Waals surface area (Å²) in [4.78, 5) is 1.96. The SMILES string of the molecule is CN(CCS(=O)(=O)Oc1ccccc1)Cc1ccccc1. The Kier molecular flexibility index (Phi) is 5.36. The van der Waals surface area contributed by atoms with E-state index >= 15 is 0 Å². The molecule has 0 radical (unpaired) electrons. The van der Waals surface area contributed by atoms with Crippen molar-refractivity contribution < 1.29 is 12.6 Å². The number of hydrogen-bond acceptors (Lipinski definition) is 4. The van der Waals surface area contributed by atoms with Crippen LogP contribution in [0.5, 0.6) is 5.75 Å². The molecule has 0 aliphatic carbocycles. The van der Waals surface area contributed by atoms with Gasteiger partial charge in [-0.15, -0.1) is 0 Å². The number of benzene rings is 2. The van der Waals surface area contributed by atoms with Crippen LogP contribution in [0, 0.1) is 0 Å². The number of hydrogen-bond donors (Lipinski definition) is 0. The first-order valence-corrected chi connectivity index (χ1v) is 8.32. The Labute approximate surface area is 126 Å². The van der Waals surface area contributed by atoms with Gasteiger partial charge in [0.25, 0.3) is 0 Å². The molecule has 4 nitrogen and oxygen atoms in total. The third-order valence-electron chi connectivity index (χ3n) is 2.98. The van der Waals surface area contributed by atoms with Gasteiger partial charge >= 0.3 is 10.1 Å². The number of nitrogens with zero attached hydrogens (tertiary/aromatic N) is 1. The van der Waals surface area contributed by atoms with Gasteiger partial charge in [-0.2, -0.15) is 8.42 Å². The highest BCUT2D eigenvalue weighted by molar-refractivity contribution is 7.87. The molecule has 0 heterocycles. The smallest absolute Gasteiger partial charge is 0.310 e. The van der Waals surface area contributed by atoms with Gasteiger partial charge in [0.1, 0.15) is 5.75 Å². The summed E-state index contributed by atoms with van der Waals surface area (Å²) in [6.45, 7) is 1.13. The first-order chi connectivity index (χ1) is 10.1. The molecule has 0 amide bonds. The summed E-state index contributed by atoms with van der Waals surface area (Å²) in [5.41, 5.74) is 1.15. The maximum atomic E-state index is 11.9. The molecule has 0 saturated carbocycles. The largest absolute Gasteiger partial charge is 0.382 e. The fourth-order valence-electron chi connectivity index (χ4n) is 1.91. The third kappa shape index (κ3) is 5.57. The Morgan fingerprint density at radius 2 is 1.52 bits per heavy atom. The van der Waals surface area contributed by atoms with Crippen molar-refractivity contribution in [3.8, 4) is 5.75 Å². The van der Waals surface area contributed by atoms with E-state index in [1.165, 1.54) is 0 Å². The highest BCUT2D eigenvalue weighted by Gasteiger charge is 2.14. The summed E-state index contributed by atoms with van der Waals surface area (Å²) < 4.78 is 28.9. The van der Waals surface area contributed by atoms with Crippen LogP contribution >= 0.6 is 0 Å². The molecule has 0 aliphatic heterocycles. The van der Waals surface area contributed by atoms with E-state index in [-0.39, 0.29) is 5.75 Å². The zero-order chi connectivity index (χ0) is 15.1. The van der Waals surface area contributed by atoms with Crippen LogP contribution in [-0.2, 0) is 16.7 Å². The zero-order valence-electron chi connectivity index (χ0n) is 12.0. The van der Waals surface area contributed by atoms with E-state index in [1.54, 1.807) is 24.3 Å². The molecule has 0 N–H and O–H groups in total. The normalized spacial score (nSPS) is 11.5. The third-order valence-corrected chi connectivity index (χ3v) is 4.11. The molecular formula is C16H19NO3S. The zero-order valence-corrected chi connectivity index (χ0v) is 12.8. The van der Waals surface area contributed by atoms with Crippen molar-refractivity contribution in [3.05, 3.63) is 66.2 Å². The van der Waals surface area contributed by atoms with Crippen molar-refractivity contribution in [3.63, 3.8) is 0 Å². The first-order valence-electron chi connectivity index (χ1n) is 6.75. The summed E-state index contributed by atoms with van der Waals surface area (Å²) in [5.74, 6) is 0.314. The van der Waals surface area contributed by atoms with Crippen molar-refractivity contribution in [1.82, 2.24) is 4.90 Å². The first kappa shape index (κ1) is 15.5. The van der Waals surface area contributed by atoms with Crippen LogP contribution in [-0.4, -0.2) is 32.7 Å². The molecule has 0 atom stereocenters. The molecule has 0 spiro atoms. The quantitative estimate of drug-likeness (QED) is 0.738. The monoisotopic (exact) mass is 305 g/mol. The maximum absolute atomic E-state index is 11.9. The highest BCUT2D eigenvalue weighted by atomic mass is 32.2. The molecule has 2 aromatic rings. The topological polar surface area (TPSA) is 46.6 Å². The summed E-state index contributed by atoms with van der Waals surface area (Å²) in [5, 5.41) is 0. The average molecular weight is 305 g/mol. The summed E-state index contributed by atoms with van der Waals surface area (Å²) in [6.07, 6.45) is 0. The van der Waals surface area contributed by atoms with Crippen LogP contribution in [0.4, 0.5) is 0 Å². The fraction of sp³-hybridized carbons (Fsp3) is 0.250. The van der Waals surface area contributed by atoms with E-state index in [9.17, 15) is 8.42 Å². The predicted molar refractivity (Wildman–Crippen MR) is 83.6 cm³/mol. The van der Waals surface area contributed by atoms with Gasteiger partial charge in [-0.05, 0) is 24.7 Å². The molecule has 0 saturated heterocycles. The van der Waals surface area contributed by atoms with E-state index in [0.29, 0.717) is 18.8 Å². The second-order valence-electron chi connectivity index (χ2n) is 4.88. The van der Waals surface area contributed by atoms with Crippen molar-refractivity contribution in [2.45, 2.75) is 6.54 Å². The molecule has 0 fully saturated rings. The van der Waals surface area contributed by atoms with Crippen LogP contribution < -0.4 is 4.18 Å². The van der Waals surface area contributed by atoms with Gasteiger partial charge in [-0.25, -0.2) is 0 Å². The van der Waals surface area contributed by atoms with Crippen LogP contribution in [0.3, 0.4) is 0 Å². The molecular weight excluding hydrogens is 286 g/mol. The molecule has 2 aromatic carbocycles.